The molecule has 130 valence electrons. The van der Waals surface area contributed by atoms with Crippen molar-refractivity contribution in [1.29, 1.82) is 0 Å². The Morgan fingerprint density at radius 1 is 0.889 bits per heavy atom. The fraction of sp³-hybridized carbons (Fsp3) is 0.125. The fourth-order valence-corrected chi connectivity index (χ4v) is 5.84. The van der Waals surface area contributed by atoms with Gasteiger partial charge in [-0.1, -0.05) is 30.2 Å². The smallest absolute Gasteiger partial charge is 0.339 e. The van der Waals surface area contributed by atoms with Crippen LogP contribution in [0.25, 0.3) is 25.1 Å². The van der Waals surface area contributed by atoms with E-state index in [1.165, 1.54) is 25.1 Å². The molecule has 2 nitrogen and oxygen atoms in total. The Hall–Kier alpha value is -3.09. The lowest BCUT2D eigenvalue weighted by molar-refractivity contribution is 0.0361. The van der Waals surface area contributed by atoms with Gasteiger partial charge < -0.3 is 4.74 Å². The minimum Gasteiger partial charge on any atom is -0.442 e. The van der Waals surface area contributed by atoms with Gasteiger partial charge in [0.15, 0.2) is 19.9 Å². The fourth-order valence-electron chi connectivity index (χ4n) is 3.46. The number of fused-ring (bicyclic) bond motifs is 3. The van der Waals surface area contributed by atoms with E-state index in [2.05, 4.69) is 54.5 Å². The third kappa shape index (κ3) is 2.61. The SMILES string of the molecule is C#CC1(OC(=O)c2ccc(-[s+]3c4ccccc4c4ccccc43)cc2)CC1. The van der Waals surface area contributed by atoms with Crippen LogP contribution in [0, 0.1) is 12.3 Å². The molecule has 0 radical (unpaired) electrons. The highest BCUT2D eigenvalue weighted by atomic mass is 32.2. The van der Waals surface area contributed by atoms with E-state index >= 15 is 0 Å². The van der Waals surface area contributed by atoms with Crippen molar-refractivity contribution in [1.82, 2.24) is 0 Å². The molecule has 1 aliphatic carbocycles. The molecule has 3 heteroatoms. The molecular formula is C24H17O2S+. The van der Waals surface area contributed by atoms with Crippen molar-refractivity contribution in [2.75, 3.05) is 0 Å². The van der Waals surface area contributed by atoms with E-state index in [1.54, 1.807) is 0 Å². The van der Waals surface area contributed by atoms with Gasteiger partial charge in [0.05, 0.1) is 5.56 Å². The molecule has 1 heterocycles. The zero-order valence-electron chi connectivity index (χ0n) is 14.6. The number of terminal acetylenes is 1. The molecule has 0 spiro atoms. The molecule has 0 bridgehead atoms. The third-order valence-corrected chi connectivity index (χ3v) is 7.42. The van der Waals surface area contributed by atoms with E-state index < -0.39 is 5.60 Å². The van der Waals surface area contributed by atoms with Crippen LogP contribution in [0.15, 0.2) is 72.8 Å². The van der Waals surface area contributed by atoms with Gasteiger partial charge in [-0.25, -0.2) is 4.79 Å². The molecule has 1 aromatic heterocycles. The first-order valence-electron chi connectivity index (χ1n) is 8.95. The lowest BCUT2D eigenvalue weighted by Crippen LogP contribution is -2.17. The van der Waals surface area contributed by atoms with Crippen molar-refractivity contribution in [2.45, 2.75) is 18.4 Å². The summed E-state index contributed by atoms with van der Waals surface area (Å²) >= 11 is 0. The van der Waals surface area contributed by atoms with Crippen LogP contribution in [-0.4, -0.2) is 11.6 Å². The van der Waals surface area contributed by atoms with Gasteiger partial charge in [-0.15, -0.1) is 6.42 Å². The number of hydrogen-bond acceptors (Lipinski definition) is 2. The summed E-state index contributed by atoms with van der Waals surface area (Å²) in [6.07, 6.45) is 6.97. The molecule has 0 N–H and O–H groups in total. The molecule has 1 saturated carbocycles. The number of rotatable bonds is 3. The number of ether oxygens (including phenoxy) is 1. The van der Waals surface area contributed by atoms with Gasteiger partial charge in [0.2, 0.25) is 0 Å². The quantitative estimate of drug-likeness (QED) is 0.249. The highest BCUT2D eigenvalue weighted by Crippen LogP contribution is 2.48. The van der Waals surface area contributed by atoms with E-state index in [0.717, 1.165) is 12.8 Å². The van der Waals surface area contributed by atoms with E-state index in [-0.39, 0.29) is 16.4 Å². The standard InChI is InChI=1S/C24H17O2S/c1-2-24(15-16-24)26-23(25)17-11-13-18(14-12-17)27-21-9-5-3-7-19(21)20-8-4-6-10-22(20)27/h1,3-14H,15-16H2/q+1. The van der Waals surface area contributed by atoms with Gasteiger partial charge in [0, 0.05) is 34.1 Å². The summed E-state index contributed by atoms with van der Waals surface area (Å²) < 4.78 is 8.15. The highest BCUT2D eigenvalue weighted by molar-refractivity contribution is 7.50. The number of hydrogen-bond donors (Lipinski definition) is 0. The first kappa shape index (κ1) is 16.1. The predicted octanol–water partition coefficient (Wildman–Crippen LogP) is 6.05. The zero-order chi connectivity index (χ0) is 18.4. The molecule has 3 aromatic carbocycles. The summed E-state index contributed by atoms with van der Waals surface area (Å²) in [7, 11) is -0.155. The minimum absolute atomic E-state index is 0.155. The number of benzene rings is 3. The topological polar surface area (TPSA) is 26.3 Å². The maximum atomic E-state index is 12.4. The van der Waals surface area contributed by atoms with E-state index in [9.17, 15) is 4.79 Å². The van der Waals surface area contributed by atoms with Crippen LogP contribution < -0.4 is 0 Å². The van der Waals surface area contributed by atoms with Crippen molar-refractivity contribution in [3.8, 4) is 17.2 Å². The summed E-state index contributed by atoms with van der Waals surface area (Å²) in [5, 5.41) is 2.59. The van der Waals surface area contributed by atoms with Gasteiger partial charge in [0.1, 0.15) is 0 Å². The minimum atomic E-state index is -0.666. The van der Waals surface area contributed by atoms with Crippen LogP contribution in [0.3, 0.4) is 0 Å². The zero-order valence-corrected chi connectivity index (χ0v) is 15.5. The summed E-state index contributed by atoms with van der Waals surface area (Å²) in [6.45, 7) is 0. The third-order valence-electron chi connectivity index (χ3n) is 5.09. The Morgan fingerprint density at radius 3 is 1.96 bits per heavy atom. The molecule has 0 saturated heterocycles. The van der Waals surface area contributed by atoms with Gasteiger partial charge in [-0.3, -0.25) is 0 Å². The Balaban J connectivity index is 1.57. The maximum Gasteiger partial charge on any atom is 0.339 e. The molecule has 5 rings (SSSR count). The second-order valence-electron chi connectivity index (χ2n) is 6.85. The van der Waals surface area contributed by atoms with Crippen molar-refractivity contribution >= 4 is 36.6 Å². The maximum absolute atomic E-state index is 12.4. The molecule has 1 aliphatic rings. The molecule has 0 amide bonds. The molecule has 0 atom stereocenters. The summed E-state index contributed by atoms with van der Waals surface area (Å²) in [6, 6.07) is 24.9. The lowest BCUT2D eigenvalue weighted by atomic mass is 10.2. The summed E-state index contributed by atoms with van der Waals surface area (Å²) in [5.41, 5.74) is -0.120. The average molecular weight is 369 g/mol. The second kappa shape index (κ2) is 5.97. The first-order valence-corrected chi connectivity index (χ1v) is 10.2. The Bertz CT molecular complexity index is 1170. The molecule has 27 heavy (non-hydrogen) atoms. The van der Waals surface area contributed by atoms with Crippen molar-refractivity contribution in [2.24, 2.45) is 0 Å². The average Bonchev–Trinajstić information content (AvgIpc) is 3.41. The normalized spacial score (nSPS) is 14.8. The summed E-state index contributed by atoms with van der Waals surface area (Å²) in [4.78, 5) is 13.6. The van der Waals surface area contributed by atoms with E-state index in [0.29, 0.717) is 5.56 Å². The number of thiophene rings is 1. The van der Waals surface area contributed by atoms with Crippen LogP contribution in [0.1, 0.15) is 23.2 Å². The molecule has 4 aromatic rings. The predicted molar refractivity (Wildman–Crippen MR) is 111 cm³/mol. The van der Waals surface area contributed by atoms with Crippen LogP contribution in [-0.2, 0) is 4.74 Å². The van der Waals surface area contributed by atoms with E-state index in [4.69, 9.17) is 11.2 Å². The van der Waals surface area contributed by atoms with E-state index in [1.807, 2.05) is 24.3 Å². The van der Waals surface area contributed by atoms with Crippen molar-refractivity contribution in [3.05, 3.63) is 78.4 Å². The largest absolute Gasteiger partial charge is 0.442 e. The Kier molecular flexibility index (Phi) is 3.56. The van der Waals surface area contributed by atoms with Crippen molar-refractivity contribution < 1.29 is 9.53 Å². The second-order valence-corrected chi connectivity index (χ2v) is 8.81. The lowest BCUT2D eigenvalue weighted by Gasteiger charge is -2.09. The van der Waals surface area contributed by atoms with Crippen molar-refractivity contribution in [3.63, 3.8) is 0 Å². The van der Waals surface area contributed by atoms with Gasteiger partial charge in [0.25, 0.3) is 0 Å². The van der Waals surface area contributed by atoms with Crippen LogP contribution in [0.4, 0.5) is 0 Å². The Labute approximate surface area is 160 Å². The van der Waals surface area contributed by atoms with Crippen LogP contribution in [0.5, 0.6) is 0 Å². The first-order chi connectivity index (χ1) is 13.2. The summed E-state index contributed by atoms with van der Waals surface area (Å²) in [5.74, 6) is 2.25. The molecular weight excluding hydrogens is 352 g/mol. The molecule has 0 aliphatic heterocycles. The Morgan fingerprint density at radius 2 is 1.44 bits per heavy atom. The molecule has 0 unspecified atom stereocenters. The number of carbonyl (C=O) groups excluding carboxylic acids is 1. The van der Waals surface area contributed by atoms with Gasteiger partial charge >= 0.3 is 5.97 Å². The highest BCUT2D eigenvalue weighted by Gasteiger charge is 2.45. The van der Waals surface area contributed by atoms with Crippen LogP contribution >= 0.6 is 10.5 Å². The monoisotopic (exact) mass is 369 g/mol. The van der Waals surface area contributed by atoms with Gasteiger partial charge in [-0.2, -0.15) is 0 Å². The van der Waals surface area contributed by atoms with Crippen LogP contribution in [0.2, 0.25) is 0 Å². The number of esters is 1. The van der Waals surface area contributed by atoms with Gasteiger partial charge in [-0.05, 0) is 48.5 Å². The number of carbonyl (C=O) groups is 1. The molecule has 1 fully saturated rings.